The molecule has 1 aromatic heterocycles. The maximum Gasteiger partial charge on any atom is 0.121 e. The predicted molar refractivity (Wildman–Crippen MR) is 139 cm³/mol. The molecular weight excluding hydrogens is 466 g/mol. The zero-order chi connectivity index (χ0) is 25.2. The number of hydrogen-bond acceptors (Lipinski definition) is 8. The van der Waals surface area contributed by atoms with Gasteiger partial charge in [-0.15, -0.1) is 11.3 Å². The van der Waals surface area contributed by atoms with Gasteiger partial charge in [-0.25, -0.2) is 0 Å². The van der Waals surface area contributed by atoms with Gasteiger partial charge in [-0.3, -0.25) is 0 Å². The summed E-state index contributed by atoms with van der Waals surface area (Å²) in [5, 5.41) is 41.7. The highest BCUT2D eigenvalue weighted by Gasteiger charge is 2.34. The third-order valence-electron chi connectivity index (χ3n) is 6.18. The molecular formula is C27H41NO6S. The molecule has 2 aromatic rings. The maximum absolute atomic E-state index is 11.0. The number of nitrogens with zero attached hydrogens (tertiary/aromatic N) is 1. The molecule has 7 nitrogen and oxygen atoms in total. The number of benzene rings is 1. The summed E-state index contributed by atoms with van der Waals surface area (Å²) in [6.45, 7) is 5.50. The Morgan fingerprint density at radius 3 is 2.51 bits per heavy atom. The van der Waals surface area contributed by atoms with Gasteiger partial charge in [-0.2, -0.15) is 0 Å². The number of rotatable bonds is 6. The van der Waals surface area contributed by atoms with E-state index >= 15 is 0 Å². The van der Waals surface area contributed by atoms with Crippen molar-refractivity contribution in [3.05, 3.63) is 46.2 Å². The van der Waals surface area contributed by atoms with Crippen LogP contribution < -0.4 is 9.64 Å². The minimum absolute atomic E-state index is 0.125. The number of hydrogen-bond donors (Lipinski definition) is 4. The average Bonchev–Trinajstić information content (AvgIpc) is 3.27. The Hall–Kier alpha value is -1.68. The summed E-state index contributed by atoms with van der Waals surface area (Å²) in [4.78, 5) is 4.49. The highest BCUT2D eigenvalue weighted by Crippen LogP contribution is 2.27. The zero-order valence-electron chi connectivity index (χ0n) is 20.9. The fourth-order valence-corrected chi connectivity index (χ4v) is 5.55. The highest BCUT2D eigenvalue weighted by atomic mass is 32.1. The van der Waals surface area contributed by atoms with E-state index in [2.05, 4.69) is 26.0 Å². The predicted octanol–water partition coefficient (Wildman–Crippen LogP) is 3.37. The molecule has 0 radical (unpaired) electrons. The van der Waals surface area contributed by atoms with Crippen molar-refractivity contribution in [3.63, 3.8) is 0 Å². The Bertz CT molecular complexity index is 875. The van der Waals surface area contributed by atoms with Gasteiger partial charge < -0.3 is 34.8 Å². The lowest BCUT2D eigenvalue weighted by Gasteiger charge is -2.33. The van der Waals surface area contributed by atoms with E-state index in [1.54, 1.807) is 11.3 Å². The second-order valence-electron chi connectivity index (χ2n) is 9.75. The second-order valence-corrected chi connectivity index (χ2v) is 11.0. The van der Waals surface area contributed by atoms with Gasteiger partial charge in [0.1, 0.15) is 24.1 Å². The second kappa shape index (κ2) is 14.2. The van der Waals surface area contributed by atoms with Gasteiger partial charge in [0.2, 0.25) is 0 Å². The Kier molecular flexibility index (Phi) is 11.3. The SMILES string of the molecule is CC(C)Cc1ccc(CN2C[C@@H](O)[C@@H](O)[C@@H]([C@H](O)CO)OCCCCCCOc3cccc2c3)s1. The van der Waals surface area contributed by atoms with Crippen molar-refractivity contribution in [3.8, 4) is 5.75 Å². The van der Waals surface area contributed by atoms with Crippen LogP contribution in [0.4, 0.5) is 5.69 Å². The normalized spacial score (nSPS) is 23.7. The minimum Gasteiger partial charge on any atom is -0.494 e. The van der Waals surface area contributed by atoms with Crippen LogP contribution >= 0.6 is 11.3 Å². The van der Waals surface area contributed by atoms with Crippen molar-refractivity contribution in [2.75, 3.05) is 31.3 Å². The monoisotopic (exact) mass is 507 g/mol. The first kappa shape index (κ1) is 27.9. The molecule has 0 aliphatic carbocycles. The number of anilines is 1. The fourth-order valence-electron chi connectivity index (χ4n) is 4.30. The van der Waals surface area contributed by atoms with Crippen LogP contribution in [-0.4, -0.2) is 71.2 Å². The van der Waals surface area contributed by atoms with Crippen LogP contribution in [0.15, 0.2) is 36.4 Å². The lowest BCUT2D eigenvalue weighted by atomic mass is 10.0. The van der Waals surface area contributed by atoms with E-state index in [9.17, 15) is 20.4 Å². The molecule has 196 valence electrons. The van der Waals surface area contributed by atoms with E-state index in [1.165, 1.54) is 4.88 Å². The zero-order valence-corrected chi connectivity index (χ0v) is 21.7. The summed E-state index contributed by atoms with van der Waals surface area (Å²) in [5.74, 6) is 1.35. The van der Waals surface area contributed by atoms with Crippen molar-refractivity contribution < 1.29 is 29.9 Å². The first-order valence-corrected chi connectivity index (χ1v) is 13.5. The number of fused-ring (bicyclic) bond motifs is 2. The third-order valence-corrected chi connectivity index (χ3v) is 7.27. The van der Waals surface area contributed by atoms with Gasteiger partial charge in [0.05, 0.1) is 25.9 Å². The van der Waals surface area contributed by atoms with E-state index in [-0.39, 0.29) is 6.54 Å². The van der Waals surface area contributed by atoms with E-state index in [0.717, 1.165) is 48.4 Å². The molecule has 0 unspecified atom stereocenters. The van der Waals surface area contributed by atoms with Crippen molar-refractivity contribution in [1.29, 1.82) is 0 Å². The van der Waals surface area contributed by atoms with Crippen LogP contribution in [0.5, 0.6) is 5.75 Å². The number of β-amino-alcohol motifs (C(OH)–C–C–N with tert-alkyl or cyclic N) is 1. The molecule has 8 heteroatoms. The fraction of sp³-hybridized carbons (Fsp3) is 0.630. The number of ether oxygens (including phenoxy) is 2. The summed E-state index contributed by atoms with van der Waals surface area (Å²) in [7, 11) is 0. The highest BCUT2D eigenvalue weighted by molar-refractivity contribution is 7.12. The smallest absolute Gasteiger partial charge is 0.121 e. The van der Waals surface area contributed by atoms with Crippen molar-refractivity contribution >= 4 is 17.0 Å². The summed E-state index contributed by atoms with van der Waals surface area (Å²) >= 11 is 1.76. The van der Waals surface area contributed by atoms with Crippen LogP contribution in [0.25, 0.3) is 0 Å². The topological polar surface area (TPSA) is 103 Å². The van der Waals surface area contributed by atoms with Crippen LogP contribution in [-0.2, 0) is 17.7 Å². The summed E-state index contributed by atoms with van der Waals surface area (Å²) in [6, 6.07) is 12.1. The maximum atomic E-state index is 11.0. The Morgan fingerprint density at radius 1 is 1.03 bits per heavy atom. The molecule has 1 aromatic carbocycles. The van der Waals surface area contributed by atoms with Gasteiger partial charge in [0, 0.05) is 34.7 Å². The van der Waals surface area contributed by atoms with Gasteiger partial charge in [-0.1, -0.05) is 26.3 Å². The Morgan fingerprint density at radius 2 is 1.77 bits per heavy atom. The summed E-state index contributed by atoms with van der Waals surface area (Å²) < 4.78 is 11.7. The van der Waals surface area contributed by atoms with Crippen molar-refractivity contribution in [2.45, 2.75) is 76.9 Å². The number of aliphatic hydroxyl groups is 4. The number of thiophene rings is 1. The Balaban J connectivity index is 1.86. The van der Waals surface area contributed by atoms with Crippen molar-refractivity contribution in [1.82, 2.24) is 0 Å². The average molecular weight is 508 g/mol. The molecule has 0 fully saturated rings. The molecule has 3 rings (SSSR count). The molecule has 0 saturated heterocycles. The minimum atomic E-state index is -1.35. The first-order chi connectivity index (χ1) is 16.9. The van der Waals surface area contributed by atoms with Crippen LogP contribution in [0.2, 0.25) is 0 Å². The Labute approximate surface area is 212 Å². The van der Waals surface area contributed by atoms with E-state index in [0.29, 0.717) is 25.7 Å². The molecule has 4 N–H and O–H groups in total. The largest absolute Gasteiger partial charge is 0.494 e. The quantitative estimate of drug-likeness (QED) is 0.475. The lowest BCUT2D eigenvalue weighted by Crippen LogP contribution is -2.51. The molecule has 2 heterocycles. The van der Waals surface area contributed by atoms with Crippen LogP contribution in [0, 0.1) is 5.92 Å². The molecule has 1 aliphatic heterocycles. The molecule has 0 amide bonds. The standard InChI is InChI=1S/C27H41NO6S/c1-19(2)14-22-10-11-23(35-22)16-28-17-24(30)26(32)27(25(31)18-29)34-13-6-4-3-5-12-33-21-9-7-8-20(28)15-21/h7-11,15,19,24-27,29-32H,3-6,12-14,16-18H2,1-2H3/t24-,25-,26-,27-/m1/s1. The first-order valence-electron chi connectivity index (χ1n) is 12.7. The van der Waals surface area contributed by atoms with Crippen molar-refractivity contribution in [2.24, 2.45) is 5.92 Å². The molecule has 0 spiro atoms. The summed E-state index contributed by atoms with van der Waals surface area (Å²) in [6.07, 6.45) is -0.295. The molecule has 4 atom stereocenters. The lowest BCUT2D eigenvalue weighted by molar-refractivity contribution is -0.141. The van der Waals surface area contributed by atoms with E-state index in [1.807, 2.05) is 29.2 Å². The summed E-state index contributed by atoms with van der Waals surface area (Å²) in [5.41, 5.74) is 0.875. The van der Waals surface area contributed by atoms with Gasteiger partial charge >= 0.3 is 0 Å². The molecule has 1 aliphatic rings. The van der Waals surface area contributed by atoms with Gasteiger partial charge in [0.15, 0.2) is 0 Å². The van der Waals surface area contributed by atoms with Crippen LogP contribution in [0.3, 0.4) is 0 Å². The van der Waals surface area contributed by atoms with E-state index in [4.69, 9.17) is 9.47 Å². The van der Waals surface area contributed by atoms with Crippen LogP contribution in [0.1, 0.15) is 49.3 Å². The number of aliphatic hydroxyl groups excluding tert-OH is 4. The molecule has 35 heavy (non-hydrogen) atoms. The molecule has 0 saturated carbocycles. The van der Waals surface area contributed by atoms with E-state index < -0.39 is 31.0 Å². The molecule has 2 bridgehead atoms. The van der Waals surface area contributed by atoms with Gasteiger partial charge in [-0.05, 0) is 55.9 Å². The third kappa shape index (κ3) is 8.74. The van der Waals surface area contributed by atoms with Gasteiger partial charge in [0.25, 0.3) is 0 Å².